The summed E-state index contributed by atoms with van der Waals surface area (Å²) in [4.78, 5) is 45.8. The van der Waals surface area contributed by atoms with Crippen LogP contribution in [-0.2, 0) is 4.79 Å². The Hall–Kier alpha value is -5.07. The Kier molecular flexibility index (Phi) is 8.69. The first-order valence-electron chi connectivity index (χ1n) is 12.8. The molecule has 0 saturated heterocycles. The van der Waals surface area contributed by atoms with Crippen LogP contribution in [0, 0.1) is 6.92 Å². The second kappa shape index (κ2) is 12.2. The van der Waals surface area contributed by atoms with Crippen LogP contribution >= 0.6 is 0 Å². The third-order valence-electron chi connectivity index (χ3n) is 6.35. The topological polar surface area (TPSA) is 130 Å². The first-order chi connectivity index (χ1) is 19.8. The zero-order valence-corrected chi connectivity index (χ0v) is 22.8. The zero-order chi connectivity index (χ0) is 30.6. The molecule has 1 aliphatic heterocycles. The Morgan fingerprint density at radius 1 is 1.00 bits per heavy atom. The maximum absolute atomic E-state index is 13.4. The molecule has 1 atom stereocenters. The van der Waals surface area contributed by atoms with Gasteiger partial charge in [0.2, 0.25) is 0 Å². The third kappa shape index (κ3) is 6.79. The number of hydrogen-bond acceptors (Lipinski definition) is 6. The molecule has 0 spiro atoms. The van der Waals surface area contributed by atoms with E-state index >= 15 is 0 Å². The summed E-state index contributed by atoms with van der Waals surface area (Å²) in [6.07, 6.45) is -1.67. The molecule has 0 aliphatic carbocycles. The van der Waals surface area contributed by atoms with Crippen LogP contribution in [0.25, 0.3) is 0 Å². The summed E-state index contributed by atoms with van der Waals surface area (Å²) in [5, 5.41) is 14.6. The van der Waals surface area contributed by atoms with Gasteiger partial charge in [0.05, 0.1) is 5.92 Å². The Bertz CT molecular complexity index is 1590. The van der Waals surface area contributed by atoms with Gasteiger partial charge in [-0.1, -0.05) is 24.3 Å². The summed E-state index contributed by atoms with van der Waals surface area (Å²) in [6.45, 7) is 6.41. The van der Waals surface area contributed by atoms with Crippen molar-refractivity contribution >= 4 is 29.3 Å². The number of carboxylic acids is 1. The number of alkyl halides is 3. The lowest BCUT2D eigenvalue weighted by atomic mass is 9.98. The molecule has 10 nitrogen and oxygen atoms in total. The van der Waals surface area contributed by atoms with Crippen molar-refractivity contribution in [2.45, 2.75) is 38.9 Å². The summed E-state index contributed by atoms with van der Waals surface area (Å²) in [5.74, 6) is -2.26. The fourth-order valence-corrected chi connectivity index (χ4v) is 4.18. The number of rotatable bonds is 5. The van der Waals surface area contributed by atoms with E-state index in [0.717, 1.165) is 16.8 Å². The first-order valence-corrected chi connectivity index (χ1v) is 12.8. The molecule has 2 aromatic heterocycles. The number of aromatic nitrogens is 4. The van der Waals surface area contributed by atoms with Crippen molar-refractivity contribution in [3.8, 4) is 0 Å². The lowest BCUT2D eigenvalue weighted by Crippen LogP contribution is -2.30. The molecule has 2 amide bonds. The van der Waals surface area contributed by atoms with E-state index in [-0.39, 0.29) is 23.8 Å². The standard InChI is InChI=1S/C27H26N6O2.C2HF3O2/c1-17(2)33-16-29-25(31-33)22-15-32(27(35)19-7-5-4-6-8-19)23-11-10-20(13-21(22)23)26(34)30-24-12-9-18(3)14-28-24;3-2(4,5)1(6)7/h4-14,16-17,22H,15H2,1-3H3,(H,28,30,34);(H,6,7). The predicted octanol–water partition coefficient (Wildman–Crippen LogP) is 5.24. The quantitative estimate of drug-likeness (QED) is 0.330. The van der Waals surface area contributed by atoms with Crippen molar-refractivity contribution in [1.29, 1.82) is 0 Å². The smallest absolute Gasteiger partial charge is 0.475 e. The van der Waals surface area contributed by atoms with Crippen molar-refractivity contribution < 1.29 is 32.7 Å². The lowest BCUT2D eigenvalue weighted by molar-refractivity contribution is -0.192. The molecule has 3 heterocycles. The van der Waals surface area contributed by atoms with Crippen LogP contribution in [-0.4, -0.2) is 55.4 Å². The third-order valence-corrected chi connectivity index (χ3v) is 6.35. The molecule has 2 aromatic carbocycles. The summed E-state index contributed by atoms with van der Waals surface area (Å²) < 4.78 is 33.5. The number of carboxylic acid groups (broad SMARTS) is 1. The van der Waals surface area contributed by atoms with Gasteiger partial charge in [0.25, 0.3) is 11.8 Å². The number of hydrogen-bond donors (Lipinski definition) is 2. The van der Waals surface area contributed by atoms with Gasteiger partial charge in [-0.3, -0.25) is 14.3 Å². The van der Waals surface area contributed by atoms with Gasteiger partial charge in [0, 0.05) is 35.6 Å². The number of halogens is 3. The molecule has 13 heteroatoms. The van der Waals surface area contributed by atoms with Gasteiger partial charge in [-0.2, -0.15) is 18.3 Å². The van der Waals surface area contributed by atoms with E-state index in [9.17, 15) is 22.8 Å². The molecule has 2 N–H and O–H groups in total. The number of anilines is 2. The number of aliphatic carboxylic acids is 1. The number of carbonyl (C=O) groups excluding carboxylic acids is 2. The number of carbonyl (C=O) groups is 3. The van der Waals surface area contributed by atoms with Crippen LogP contribution in [0.4, 0.5) is 24.7 Å². The SMILES string of the molecule is Cc1ccc(NC(=O)c2ccc3c(c2)C(c2ncn(C(C)C)n2)CN3C(=O)c2ccccc2)nc1.O=C(O)C(F)(F)F. The van der Waals surface area contributed by atoms with E-state index in [4.69, 9.17) is 9.90 Å². The molecule has 0 bridgehead atoms. The van der Waals surface area contributed by atoms with Gasteiger partial charge in [-0.15, -0.1) is 0 Å². The summed E-state index contributed by atoms with van der Waals surface area (Å²) in [7, 11) is 0. The second-order valence-corrected chi connectivity index (χ2v) is 9.76. The highest BCUT2D eigenvalue weighted by Crippen LogP contribution is 2.40. The van der Waals surface area contributed by atoms with Crippen LogP contribution in [0.1, 0.15) is 63.5 Å². The molecule has 218 valence electrons. The van der Waals surface area contributed by atoms with Crippen LogP contribution in [0.5, 0.6) is 0 Å². The minimum atomic E-state index is -5.08. The number of fused-ring (bicyclic) bond motifs is 1. The van der Waals surface area contributed by atoms with Gasteiger partial charge >= 0.3 is 12.1 Å². The van der Waals surface area contributed by atoms with E-state index in [0.29, 0.717) is 29.3 Å². The number of aryl methyl sites for hydroxylation is 1. The number of pyridine rings is 1. The Labute approximate surface area is 238 Å². The number of nitrogens with zero attached hydrogens (tertiary/aromatic N) is 5. The fourth-order valence-electron chi connectivity index (χ4n) is 4.18. The van der Waals surface area contributed by atoms with Crippen LogP contribution in [0.3, 0.4) is 0 Å². The summed E-state index contributed by atoms with van der Waals surface area (Å²) in [5.41, 5.74) is 3.70. The molecule has 5 rings (SSSR count). The molecule has 1 unspecified atom stereocenters. The number of benzene rings is 2. The maximum atomic E-state index is 13.4. The normalized spacial score (nSPS) is 14.2. The Morgan fingerprint density at radius 2 is 1.69 bits per heavy atom. The molecule has 42 heavy (non-hydrogen) atoms. The van der Waals surface area contributed by atoms with E-state index in [1.165, 1.54) is 0 Å². The monoisotopic (exact) mass is 580 g/mol. The van der Waals surface area contributed by atoms with Crippen molar-refractivity contribution in [2.75, 3.05) is 16.8 Å². The van der Waals surface area contributed by atoms with E-state index in [1.54, 1.807) is 46.4 Å². The number of nitrogens with one attached hydrogen (secondary N) is 1. The van der Waals surface area contributed by atoms with Gasteiger partial charge in [-0.05, 0) is 68.3 Å². The fraction of sp³-hybridized carbons (Fsp3) is 0.241. The Balaban J connectivity index is 0.000000517. The van der Waals surface area contributed by atoms with Crippen molar-refractivity contribution in [3.63, 3.8) is 0 Å². The molecule has 1 aliphatic rings. The van der Waals surface area contributed by atoms with Crippen LogP contribution < -0.4 is 10.2 Å². The largest absolute Gasteiger partial charge is 0.490 e. The second-order valence-electron chi connectivity index (χ2n) is 9.76. The molecular formula is C29H27F3N6O4. The summed E-state index contributed by atoms with van der Waals surface area (Å²) >= 11 is 0. The van der Waals surface area contributed by atoms with Gasteiger partial charge in [0.15, 0.2) is 5.82 Å². The number of amides is 2. The molecule has 0 radical (unpaired) electrons. The highest BCUT2D eigenvalue weighted by Gasteiger charge is 2.38. The molecular weight excluding hydrogens is 553 g/mol. The van der Waals surface area contributed by atoms with Gasteiger partial charge < -0.3 is 15.3 Å². The highest BCUT2D eigenvalue weighted by atomic mass is 19.4. The minimum Gasteiger partial charge on any atom is -0.475 e. The van der Waals surface area contributed by atoms with Gasteiger partial charge in [0.1, 0.15) is 12.1 Å². The highest BCUT2D eigenvalue weighted by molar-refractivity contribution is 6.09. The molecule has 0 fully saturated rings. The average Bonchev–Trinajstić information content (AvgIpc) is 3.59. The molecule has 4 aromatic rings. The first kappa shape index (κ1) is 29.9. The lowest BCUT2D eigenvalue weighted by Gasteiger charge is -2.18. The van der Waals surface area contributed by atoms with Crippen LogP contribution in [0.2, 0.25) is 0 Å². The van der Waals surface area contributed by atoms with Gasteiger partial charge in [-0.25, -0.2) is 14.8 Å². The van der Waals surface area contributed by atoms with Crippen molar-refractivity contribution in [1.82, 2.24) is 19.7 Å². The maximum Gasteiger partial charge on any atom is 0.490 e. The minimum absolute atomic E-state index is 0.0984. The van der Waals surface area contributed by atoms with E-state index < -0.39 is 12.1 Å². The zero-order valence-electron chi connectivity index (χ0n) is 22.8. The summed E-state index contributed by atoms with van der Waals surface area (Å²) in [6, 6.07) is 18.4. The Morgan fingerprint density at radius 3 is 2.26 bits per heavy atom. The van der Waals surface area contributed by atoms with Crippen LogP contribution in [0.15, 0.2) is 73.2 Å². The predicted molar refractivity (Wildman–Crippen MR) is 147 cm³/mol. The molecule has 0 saturated carbocycles. The van der Waals surface area contributed by atoms with Crippen molar-refractivity contribution in [3.05, 3.63) is 101 Å². The average molecular weight is 581 g/mol. The van der Waals surface area contributed by atoms with E-state index in [1.807, 2.05) is 57.2 Å². The van der Waals surface area contributed by atoms with E-state index in [2.05, 4.69) is 20.4 Å². The van der Waals surface area contributed by atoms with Crippen molar-refractivity contribution in [2.24, 2.45) is 0 Å².